The molecule has 3 heterocycles. The number of rotatable bonds is 5. The molecule has 39 heavy (non-hydrogen) atoms. The lowest BCUT2D eigenvalue weighted by Gasteiger charge is -2.28. The van der Waals surface area contributed by atoms with Crippen LogP contribution in [-0.2, 0) is 9.53 Å². The van der Waals surface area contributed by atoms with Crippen molar-refractivity contribution in [1.82, 2.24) is 10.2 Å². The summed E-state index contributed by atoms with van der Waals surface area (Å²) in [6.45, 7) is 2.69. The Morgan fingerprint density at radius 3 is 2.46 bits per heavy atom. The van der Waals surface area contributed by atoms with Crippen LogP contribution in [0.5, 0.6) is 0 Å². The number of carbonyl (C=O) groups is 3. The fourth-order valence-corrected chi connectivity index (χ4v) is 6.66. The van der Waals surface area contributed by atoms with Gasteiger partial charge in [0.2, 0.25) is 0 Å². The van der Waals surface area contributed by atoms with Crippen LogP contribution in [0.4, 0.5) is 10.5 Å². The number of hydrogen-bond donors (Lipinski definition) is 1. The van der Waals surface area contributed by atoms with Crippen LogP contribution >= 0.6 is 46.9 Å². The molecular formula is C27H23Cl3N4O4S. The van der Waals surface area contributed by atoms with E-state index in [4.69, 9.17) is 27.9 Å². The van der Waals surface area contributed by atoms with Crippen molar-refractivity contribution in [2.45, 2.75) is 24.4 Å². The summed E-state index contributed by atoms with van der Waals surface area (Å²) in [5.41, 5.74) is 0.798. The van der Waals surface area contributed by atoms with Crippen LogP contribution in [0, 0.1) is 11.3 Å². The lowest BCUT2D eigenvalue weighted by Crippen LogP contribution is -2.53. The molecule has 0 saturated carbocycles. The summed E-state index contributed by atoms with van der Waals surface area (Å²) in [7, 11) is 1.34. The largest absolute Gasteiger partial charge is 0.465 e. The summed E-state index contributed by atoms with van der Waals surface area (Å²) in [6, 6.07) is 14.8. The van der Waals surface area contributed by atoms with Gasteiger partial charge in [0.15, 0.2) is 0 Å². The van der Waals surface area contributed by atoms with Crippen molar-refractivity contribution in [3.8, 4) is 6.07 Å². The molecule has 2 fully saturated rings. The highest BCUT2D eigenvalue weighted by Gasteiger charge is 2.61. The maximum Gasteiger partial charge on any atom is 0.338 e. The van der Waals surface area contributed by atoms with Crippen LogP contribution in [0.15, 0.2) is 53.9 Å². The monoisotopic (exact) mass is 604 g/mol. The van der Waals surface area contributed by atoms with Crippen LogP contribution in [0.1, 0.15) is 45.2 Å². The number of halogens is 3. The maximum atomic E-state index is 14.1. The molecule has 1 N–H and O–H groups in total. The number of urea groups is 1. The molecule has 2 aromatic carbocycles. The highest BCUT2D eigenvalue weighted by molar-refractivity contribution is 7.10. The van der Waals surface area contributed by atoms with E-state index in [9.17, 15) is 19.6 Å². The molecule has 0 aliphatic carbocycles. The van der Waals surface area contributed by atoms with E-state index in [-0.39, 0.29) is 30.7 Å². The van der Waals surface area contributed by atoms with Gasteiger partial charge in [0, 0.05) is 45.4 Å². The average molecular weight is 606 g/mol. The number of nitrogens with zero attached hydrogens (tertiary/aromatic N) is 3. The van der Waals surface area contributed by atoms with Gasteiger partial charge in [-0.3, -0.25) is 9.69 Å². The van der Waals surface area contributed by atoms with Crippen LogP contribution < -0.4 is 10.2 Å². The fraction of sp³-hybridized carbons (Fsp3) is 0.259. The van der Waals surface area contributed by atoms with Gasteiger partial charge in [0.25, 0.3) is 5.91 Å². The van der Waals surface area contributed by atoms with Crippen molar-refractivity contribution >= 4 is 70.5 Å². The molecule has 0 bridgehead atoms. The molecule has 2 aliphatic heterocycles. The number of anilines is 1. The van der Waals surface area contributed by atoms with Crippen LogP contribution in [0.3, 0.4) is 0 Å². The zero-order valence-corrected chi connectivity index (χ0v) is 24.0. The molecule has 2 aliphatic rings. The number of likely N-dealkylation sites (tertiary alicyclic amines) is 1. The molecule has 3 aromatic rings. The number of amides is 3. The Kier molecular flexibility index (Phi) is 8.26. The topological polar surface area (TPSA) is 103 Å². The second-order valence-corrected chi connectivity index (χ2v) is 11.1. The second-order valence-electron chi connectivity index (χ2n) is 9.29. The van der Waals surface area contributed by atoms with Gasteiger partial charge in [-0.05, 0) is 48.9 Å². The molecule has 12 heteroatoms. The number of carbonyl (C=O) groups excluding carboxylic acids is 3. The van der Waals surface area contributed by atoms with Crippen molar-refractivity contribution in [2.24, 2.45) is 0 Å². The molecule has 1 aromatic heterocycles. The predicted octanol–water partition coefficient (Wildman–Crippen LogP) is 5.79. The number of thiophene rings is 1. The Balaban J connectivity index is 0.00000353. The third kappa shape index (κ3) is 5.11. The highest BCUT2D eigenvalue weighted by atomic mass is 35.5. The Morgan fingerprint density at radius 2 is 1.85 bits per heavy atom. The first-order valence-electron chi connectivity index (χ1n) is 11.7. The zero-order chi connectivity index (χ0) is 27.2. The Labute approximate surface area is 245 Å². The summed E-state index contributed by atoms with van der Waals surface area (Å²) >= 11 is 13.8. The van der Waals surface area contributed by atoms with Gasteiger partial charge in [-0.2, -0.15) is 5.26 Å². The third-order valence-electron chi connectivity index (χ3n) is 7.13. The van der Waals surface area contributed by atoms with Crippen molar-refractivity contribution in [2.75, 3.05) is 25.1 Å². The lowest BCUT2D eigenvalue weighted by molar-refractivity contribution is -0.122. The van der Waals surface area contributed by atoms with Crippen molar-refractivity contribution in [3.05, 3.63) is 85.5 Å². The number of nitrogens with one attached hydrogen (secondary N) is 1. The minimum Gasteiger partial charge on any atom is -0.465 e. The molecule has 1 spiro atoms. The van der Waals surface area contributed by atoms with Gasteiger partial charge in [-0.25, -0.2) is 14.5 Å². The highest BCUT2D eigenvalue weighted by Crippen LogP contribution is 2.45. The number of hydrogen-bond acceptors (Lipinski definition) is 7. The molecule has 1 unspecified atom stereocenters. The van der Waals surface area contributed by atoms with Crippen LogP contribution in [0.2, 0.25) is 10.0 Å². The Bertz CT molecular complexity index is 1470. The van der Waals surface area contributed by atoms with Gasteiger partial charge < -0.3 is 10.1 Å². The smallest absolute Gasteiger partial charge is 0.338 e. The molecule has 3 atom stereocenters. The minimum absolute atomic E-state index is 0. The van der Waals surface area contributed by atoms with E-state index in [0.29, 0.717) is 27.7 Å². The second kappa shape index (κ2) is 11.2. The molecule has 2 saturated heterocycles. The van der Waals surface area contributed by atoms with Gasteiger partial charge in [-0.15, -0.1) is 23.7 Å². The van der Waals surface area contributed by atoms with Gasteiger partial charge in [0.1, 0.15) is 5.54 Å². The van der Waals surface area contributed by atoms with E-state index in [1.165, 1.54) is 36.6 Å². The quantitative estimate of drug-likeness (QED) is 0.292. The SMILES string of the molecule is COC(=O)c1csc(C(C)N2C[C@@H](c3ccc(C#N)cc3)[C@@]3(C2)NC(=O)N(c2cc(Cl)cc(Cl)c2)C3=O)c1.Cl. The summed E-state index contributed by atoms with van der Waals surface area (Å²) in [6.07, 6.45) is 0. The number of ether oxygens (including phenoxy) is 1. The summed E-state index contributed by atoms with van der Waals surface area (Å²) in [5.74, 6) is -1.23. The number of methoxy groups -OCH3 is 1. The molecule has 5 rings (SSSR count). The first kappa shape index (κ1) is 28.9. The first-order valence-corrected chi connectivity index (χ1v) is 13.3. The van der Waals surface area contributed by atoms with Crippen LogP contribution in [0.25, 0.3) is 0 Å². The lowest BCUT2D eigenvalue weighted by atomic mass is 9.81. The average Bonchev–Trinajstić information content (AvgIpc) is 3.59. The van der Waals surface area contributed by atoms with Gasteiger partial charge in [-0.1, -0.05) is 35.3 Å². The van der Waals surface area contributed by atoms with E-state index in [0.717, 1.165) is 15.3 Å². The number of benzene rings is 2. The Morgan fingerprint density at radius 1 is 1.18 bits per heavy atom. The van der Waals surface area contributed by atoms with E-state index in [1.807, 2.05) is 19.1 Å². The minimum atomic E-state index is -1.27. The predicted molar refractivity (Wildman–Crippen MR) is 152 cm³/mol. The molecule has 8 nitrogen and oxygen atoms in total. The number of imide groups is 1. The fourth-order valence-electron chi connectivity index (χ4n) is 5.18. The molecule has 202 valence electrons. The van der Waals surface area contributed by atoms with Gasteiger partial charge in [0.05, 0.1) is 30.0 Å². The standard InChI is InChI=1S/C27H22Cl2N4O4S.ClH/c1-15(23-7-18(13-38-23)24(34)37-2)32-12-22(17-5-3-16(11-30)4-6-17)27(14-32)25(35)33(26(36)31-27)21-9-19(28)8-20(29)10-21;/h3-10,13,15,22H,12,14H2,1-2H3,(H,31,36);1H/t15?,22-,27+;/m0./s1. The van der Waals surface area contributed by atoms with Gasteiger partial charge >= 0.3 is 12.0 Å². The molecule has 0 radical (unpaired) electrons. The normalized spacial score (nSPS) is 21.4. The maximum absolute atomic E-state index is 14.1. The van der Waals surface area contributed by atoms with Crippen molar-refractivity contribution in [3.63, 3.8) is 0 Å². The summed E-state index contributed by atoms with van der Waals surface area (Å²) in [5, 5.41) is 14.6. The summed E-state index contributed by atoms with van der Waals surface area (Å²) in [4.78, 5) is 43.5. The molecule has 3 amide bonds. The number of nitriles is 1. The zero-order valence-electron chi connectivity index (χ0n) is 20.8. The number of esters is 1. The van der Waals surface area contributed by atoms with E-state index < -0.39 is 29.4 Å². The van der Waals surface area contributed by atoms with E-state index in [1.54, 1.807) is 23.6 Å². The third-order valence-corrected chi connectivity index (χ3v) is 8.67. The van der Waals surface area contributed by atoms with E-state index in [2.05, 4.69) is 16.3 Å². The Hall–Kier alpha value is -3.13. The first-order chi connectivity index (χ1) is 18.2. The van der Waals surface area contributed by atoms with Crippen LogP contribution in [-0.4, -0.2) is 48.5 Å². The molecular weight excluding hydrogens is 583 g/mol. The van der Waals surface area contributed by atoms with Crippen molar-refractivity contribution < 1.29 is 19.1 Å². The van der Waals surface area contributed by atoms with E-state index >= 15 is 0 Å². The van der Waals surface area contributed by atoms with Crippen molar-refractivity contribution in [1.29, 1.82) is 5.26 Å². The summed E-state index contributed by atoms with van der Waals surface area (Å²) < 4.78 is 4.84.